The lowest BCUT2D eigenvalue weighted by Gasteiger charge is -2.25. The van der Waals surface area contributed by atoms with Crippen molar-refractivity contribution >= 4 is 22.7 Å². The molecule has 0 saturated heterocycles. The summed E-state index contributed by atoms with van der Waals surface area (Å²) in [4.78, 5) is 33.6. The number of nitrogens with zero attached hydrogens (tertiary/aromatic N) is 2. The smallest absolute Gasteiger partial charge is 0.296 e. The zero-order valence-electron chi connectivity index (χ0n) is 22.2. The van der Waals surface area contributed by atoms with Gasteiger partial charge in [0.25, 0.3) is 5.91 Å². The number of benzene rings is 2. The normalized spacial score (nSPS) is 14.7. The Balaban J connectivity index is 1.63. The van der Waals surface area contributed by atoms with Gasteiger partial charge in [0.15, 0.2) is 16.9 Å². The Kier molecular flexibility index (Phi) is 7.18. The van der Waals surface area contributed by atoms with E-state index in [-0.39, 0.29) is 11.2 Å². The van der Waals surface area contributed by atoms with Gasteiger partial charge in [-0.1, -0.05) is 38.3 Å². The van der Waals surface area contributed by atoms with Gasteiger partial charge in [0.1, 0.15) is 11.4 Å². The summed E-state index contributed by atoms with van der Waals surface area (Å²) in [6, 6.07) is 13.8. The van der Waals surface area contributed by atoms with E-state index in [1.807, 2.05) is 50.2 Å². The number of anilines is 1. The van der Waals surface area contributed by atoms with Crippen LogP contribution in [0.1, 0.15) is 71.5 Å². The monoisotopic (exact) mass is 512 g/mol. The van der Waals surface area contributed by atoms with Crippen LogP contribution in [0.25, 0.3) is 11.0 Å². The van der Waals surface area contributed by atoms with E-state index >= 15 is 0 Å². The molecule has 0 N–H and O–H groups in total. The first-order valence-electron chi connectivity index (χ1n) is 13.1. The van der Waals surface area contributed by atoms with Crippen molar-refractivity contribution in [2.24, 2.45) is 0 Å². The lowest BCUT2D eigenvalue weighted by Crippen LogP contribution is -2.30. The molecule has 3 heterocycles. The molecule has 1 aliphatic rings. The van der Waals surface area contributed by atoms with E-state index < -0.39 is 11.9 Å². The molecule has 196 valence electrons. The van der Waals surface area contributed by atoms with Gasteiger partial charge in [-0.2, -0.15) is 0 Å². The average molecular weight is 513 g/mol. The molecule has 1 aliphatic heterocycles. The molecule has 2 aromatic heterocycles. The summed E-state index contributed by atoms with van der Waals surface area (Å²) in [5.41, 5.74) is 3.14. The van der Waals surface area contributed by atoms with Crippen LogP contribution in [-0.4, -0.2) is 24.6 Å². The fraction of sp³-hybridized carbons (Fsp3) is 0.323. The molecule has 1 atom stereocenters. The summed E-state index contributed by atoms with van der Waals surface area (Å²) in [7, 11) is 1.58. The van der Waals surface area contributed by atoms with E-state index in [0.29, 0.717) is 46.0 Å². The number of aryl methyl sites for hydroxylation is 2. The summed E-state index contributed by atoms with van der Waals surface area (Å²) in [5, 5.41) is 0.450. The van der Waals surface area contributed by atoms with Crippen LogP contribution in [0.2, 0.25) is 0 Å². The summed E-state index contributed by atoms with van der Waals surface area (Å²) in [5.74, 6) is 1.22. The molecular weight excluding hydrogens is 480 g/mol. The zero-order valence-corrected chi connectivity index (χ0v) is 22.2. The Morgan fingerprint density at radius 2 is 1.79 bits per heavy atom. The number of amides is 1. The van der Waals surface area contributed by atoms with Crippen LogP contribution in [0, 0.1) is 13.8 Å². The molecule has 0 aliphatic carbocycles. The summed E-state index contributed by atoms with van der Waals surface area (Å²) in [6.07, 6.45) is 6.03. The van der Waals surface area contributed by atoms with E-state index in [9.17, 15) is 9.59 Å². The lowest BCUT2D eigenvalue weighted by molar-refractivity contribution is 0.0970. The molecular formula is C31H32N2O5. The second-order valence-electron chi connectivity index (χ2n) is 9.69. The highest BCUT2D eigenvalue weighted by Crippen LogP contribution is 2.42. The number of hydrogen-bond donors (Lipinski definition) is 0. The van der Waals surface area contributed by atoms with Gasteiger partial charge in [0.05, 0.1) is 30.7 Å². The van der Waals surface area contributed by atoms with Crippen LogP contribution in [0.3, 0.4) is 0 Å². The van der Waals surface area contributed by atoms with Crippen molar-refractivity contribution in [3.8, 4) is 11.5 Å². The maximum Gasteiger partial charge on any atom is 0.296 e. The summed E-state index contributed by atoms with van der Waals surface area (Å²) < 4.78 is 17.8. The Hall–Kier alpha value is -4.13. The van der Waals surface area contributed by atoms with Gasteiger partial charge in [0, 0.05) is 6.20 Å². The fourth-order valence-electron chi connectivity index (χ4n) is 4.96. The Morgan fingerprint density at radius 3 is 2.53 bits per heavy atom. The van der Waals surface area contributed by atoms with Gasteiger partial charge < -0.3 is 13.9 Å². The van der Waals surface area contributed by atoms with Gasteiger partial charge in [-0.3, -0.25) is 14.5 Å². The molecule has 0 saturated carbocycles. The van der Waals surface area contributed by atoms with Crippen LogP contribution < -0.4 is 19.8 Å². The maximum absolute atomic E-state index is 13.9. The number of methoxy groups -OCH3 is 1. The highest BCUT2D eigenvalue weighted by molar-refractivity contribution is 6.10. The fourth-order valence-corrected chi connectivity index (χ4v) is 4.96. The van der Waals surface area contributed by atoms with Gasteiger partial charge in [0.2, 0.25) is 5.76 Å². The number of aromatic nitrogens is 1. The molecule has 7 heteroatoms. The predicted molar refractivity (Wildman–Crippen MR) is 147 cm³/mol. The third-order valence-electron chi connectivity index (χ3n) is 7.14. The second-order valence-corrected chi connectivity index (χ2v) is 9.69. The second kappa shape index (κ2) is 10.7. The number of pyridine rings is 1. The number of carbonyl (C=O) groups excluding carboxylic acids is 1. The summed E-state index contributed by atoms with van der Waals surface area (Å²) >= 11 is 0. The SMILES string of the molecule is CCCCCCOc1ccc(C2c3c(oc4cc(C)c(C)cc4c3=O)C(=O)N2c2ccccn2)cc1OC. The van der Waals surface area contributed by atoms with Gasteiger partial charge in [-0.15, -0.1) is 0 Å². The molecule has 2 aromatic carbocycles. The van der Waals surface area contributed by atoms with Crippen molar-refractivity contribution in [1.82, 2.24) is 4.98 Å². The predicted octanol–water partition coefficient (Wildman–Crippen LogP) is 6.52. The molecule has 4 aromatic rings. The largest absolute Gasteiger partial charge is 0.493 e. The van der Waals surface area contributed by atoms with Crippen LogP contribution >= 0.6 is 0 Å². The van der Waals surface area contributed by atoms with E-state index in [4.69, 9.17) is 13.9 Å². The quantitative estimate of drug-likeness (QED) is 0.237. The molecule has 7 nitrogen and oxygen atoms in total. The first-order chi connectivity index (χ1) is 18.4. The number of unbranched alkanes of at least 4 members (excludes halogenated alkanes) is 3. The average Bonchev–Trinajstić information content (AvgIpc) is 3.22. The molecule has 5 rings (SSSR count). The van der Waals surface area contributed by atoms with Crippen molar-refractivity contribution in [3.05, 3.63) is 93.0 Å². The number of fused-ring (bicyclic) bond motifs is 2. The van der Waals surface area contributed by atoms with Crippen molar-refractivity contribution in [1.29, 1.82) is 0 Å². The molecule has 38 heavy (non-hydrogen) atoms. The third-order valence-corrected chi connectivity index (χ3v) is 7.14. The Morgan fingerprint density at radius 1 is 0.974 bits per heavy atom. The molecule has 0 radical (unpaired) electrons. The number of hydrogen-bond acceptors (Lipinski definition) is 6. The summed E-state index contributed by atoms with van der Waals surface area (Å²) in [6.45, 7) is 6.67. The van der Waals surface area contributed by atoms with Gasteiger partial charge >= 0.3 is 0 Å². The van der Waals surface area contributed by atoms with Crippen molar-refractivity contribution < 1.29 is 18.7 Å². The maximum atomic E-state index is 13.9. The number of rotatable bonds is 9. The zero-order chi connectivity index (χ0) is 26.8. The van der Waals surface area contributed by atoms with Gasteiger partial charge in [-0.25, -0.2) is 4.98 Å². The topological polar surface area (TPSA) is 81.9 Å². The molecule has 0 fully saturated rings. The minimum Gasteiger partial charge on any atom is -0.493 e. The first-order valence-corrected chi connectivity index (χ1v) is 13.1. The van der Waals surface area contributed by atoms with Crippen LogP contribution in [0.5, 0.6) is 11.5 Å². The Bertz CT molecular complexity index is 1540. The number of carbonyl (C=O) groups is 1. The van der Waals surface area contributed by atoms with Crippen molar-refractivity contribution in [2.45, 2.75) is 52.5 Å². The van der Waals surface area contributed by atoms with E-state index in [2.05, 4.69) is 11.9 Å². The molecule has 1 unspecified atom stereocenters. The van der Waals surface area contributed by atoms with Gasteiger partial charge in [-0.05, 0) is 73.4 Å². The highest BCUT2D eigenvalue weighted by atomic mass is 16.5. The lowest BCUT2D eigenvalue weighted by atomic mass is 9.97. The van der Waals surface area contributed by atoms with Crippen molar-refractivity contribution in [2.75, 3.05) is 18.6 Å². The van der Waals surface area contributed by atoms with Crippen LogP contribution in [0.4, 0.5) is 5.82 Å². The number of ether oxygens (including phenoxy) is 2. The van der Waals surface area contributed by atoms with Crippen LogP contribution in [-0.2, 0) is 0 Å². The first kappa shape index (κ1) is 25.5. The van der Waals surface area contributed by atoms with E-state index in [0.717, 1.165) is 30.4 Å². The molecule has 1 amide bonds. The highest BCUT2D eigenvalue weighted by Gasteiger charge is 2.44. The molecule has 0 spiro atoms. The third kappa shape index (κ3) is 4.53. The van der Waals surface area contributed by atoms with E-state index in [1.165, 1.54) is 11.3 Å². The minimum absolute atomic E-state index is 0.0385. The standard InChI is InChI=1S/C31H32N2O5/c1-5-6-7-10-15-37-23-13-12-21(18-25(23)36-4)28-27-29(34)22-16-19(2)20(3)17-24(22)38-30(27)31(35)33(28)26-11-8-9-14-32-26/h8-9,11-14,16-18,28H,5-7,10,15H2,1-4H3. The van der Waals surface area contributed by atoms with Crippen molar-refractivity contribution in [3.63, 3.8) is 0 Å². The Labute approximate surface area is 222 Å². The minimum atomic E-state index is -0.734. The van der Waals surface area contributed by atoms with Crippen LogP contribution in [0.15, 0.2) is 63.9 Å². The molecule has 0 bridgehead atoms. The van der Waals surface area contributed by atoms with E-state index in [1.54, 1.807) is 25.4 Å².